The van der Waals surface area contributed by atoms with Gasteiger partial charge >= 0.3 is 5.97 Å². The summed E-state index contributed by atoms with van der Waals surface area (Å²) in [6.45, 7) is 4.76. The Balaban J connectivity index is 1.67. The molecular formula is C18H24N2O3. The van der Waals surface area contributed by atoms with Crippen molar-refractivity contribution < 1.29 is 14.3 Å². The van der Waals surface area contributed by atoms with E-state index < -0.39 is 0 Å². The molecule has 0 bridgehead atoms. The SMILES string of the molecule is CCOC(=O)[C@H]1CC(=O)N(c2ccc(N3CCCCC3)cc2)C1. The molecule has 0 aromatic heterocycles. The monoisotopic (exact) mass is 316 g/mol. The topological polar surface area (TPSA) is 49.9 Å². The summed E-state index contributed by atoms with van der Waals surface area (Å²) in [5, 5.41) is 0. The second kappa shape index (κ2) is 7.02. The number of piperidine rings is 1. The van der Waals surface area contributed by atoms with Gasteiger partial charge in [0.05, 0.1) is 12.5 Å². The van der Waals surface area contributed by atoms with Crippen LogP contribution in [0.5, 0.6) is 0 Å². The van der Waals surface area contributed by atoms with Gasteiger partial charge in [-0.25, -0.2) is 0 Å². The maximum absolute atomic E-state index is 12.2. The van der Waals surface area contributed by atoms with E-state index in [0.717, 1.165) is 18.8 Å². The van der Waals surface area contributed by atoms with Crippen LogP contribution in [-0.4, -0.2) is 38.1 Å². The zero-order chi connectivity index (χ0) is 16.2. The third kappa shape index (κ3) is 3.49. The molecular weight excluding hydrogens is 292 g/mol. The first-order valence-electron chi connectivity index (χ1n) is 8.51. The molecule has 23 heavy (non-hydrogen) atoms. The standard InChI is InChI=1S/C18H24N2O3/c1-2-23-18(22)14-12-17(21)20(13-14)16-8-6-15(7-9-16)19-10-4-3-5-11-19/h6-9,14H,2-5,10-13H2,1H3/t14-/m0/s1. The van der Waals surface area contributed by atoms with Crippen LogP contribution in [0.2, 0.25) is 0 Å². The maximum Gasteiger partial charge on any atom is 0.311 e. The molecule has 0 saturated carbocycles. The molecule has 2 saturated heterocycles. The Hall–Kier alpha value is -2.04. The lowest BCUT2D eigenvalue weighted by Gasteiger charge is -2.29. The molecule has 0 N–H and O–H groups in total. The van der Waals surface area contributed by atoms with Crippen LogP contribution in [0.4, 0.5) is 11.4 Å². The molecule has 1 aromatic rings. The largest absolute Gasteiger partial charge is 0.466 e. The number of esters is 1. The van der Waals surface area contributed by atoms with Crippen LogP contribution in [0.3, 0.4) is 0 Å². The summed E-state index contributed by atoms with van der Waals surface area (Å²) >= 11 is 0. The lowest BCUT2D eigenvalue weighted by atomic mass is 10.1. The molecule has 2 fully saturated rings. The Labute approximate surface area is 137 Å². The van der Waals surface area contributed by atoms with E-state index in [2.05, 4.69) is 17.0 Å². The second-order valence-electron chi connectivity index (χ2n) is 6.22. The first-order valence-corrected chi connectivity index (χ1v) is 8.51. The third-order valence-corrected chi connectivity index (χ3v) is 4.63. The minimum Gasteiger partial charge on any atom is -0.466 e. The van der Waals surface area contributed by atoms with E-state index in [0.29, 0.717) is 13.2 Å². The summed E-state index contributed by atoms with van der Waals surface area (Å²) in [5.41, 5.74) is 2.07. The van der Waals surface area contributed by atoms with Crippen LogP contribution in [0.25, 0.3) is 0 Å². The van der Waals surface area contributed by atoms with Gasteiger partial charge in [0.1, 0.15) is 0 Å². The zero-order valence-electron chi connectivity index (χ0n) is 13.7. The molecule has 2 aliphatic heterocycles. The van der Waals surface area contributed by atoms with Crippen molar-refractivity contribution in [3.05, 3.63) is 24.3 Å². The van der Waals surface area contributed by atoms with Crippen molar-refractivity contribution in [2.75, 3.05) is 36.0 Å². The quantitative estimate of drug-likeness (QED) is 0.801. The van der Waals surface area contributed by atoms with Gasteiger partial charge in [0.2, 0.25) is 5.91 Å². The molecule has 1 amide bonds. The molecule has 1 aromatic carbocycles. The summed E-state index contributed by atoms with van der Waals surface area (Å²) < 4.78 is 5.03. The van der Waals surface area contributed by atoms with Gasteiger partial charge in [0.15, 0.2) is 0 Å². The lowest BCUT2D eigenvalue weighted by molar-refractivity contribution is -0.147. The molecule has 2 aliphatic rings. The Bertz CT molecular complexity index is 564. The fourth-order valence-corrected chi connectivity index (χ4v) is 3.37. The number of carbonyl (C=O) groups excluding carboxylic acids is 2. The Morgan fingerprint density at radius 3 is 2.43 bits per heavy atom. The van der Waals surface area contributed by atoms with E-state index in [1.165, 1.54) is 24.9 Å². The van der Waals surface area contributed by atoms with Crippen LogP contribution < -0.4 is 9.80 Å². The fraction of sp³-hybridized carbons (Fsp3) is 0.556. The lowest BCUT2D eigenvalue weighted by Crippen LogP contribution is -2.29. The number of amides is 1. The van der Waals surface area contributed by atoms with Gasteiger partial charge in [-0.1, -0.05) is 0 Å². The van der Waals surface area contributed by atoms with Crippen molar-refractivity contribution in [2.45, 2.75) is 32.6 Å². The Morgan fingerprint density at radius 2 is 1.78 bits per heavy atom. The van der Waals surface area contributed by atoms with E-state index >= 15 is 0 Å². The van der Waals surface area contributed by atoms with Gasteiger partial charge in [0, 0.05) is 37.4 Å². The van der Waals surface area contributed by atoms with Crippen LogP contribution in [-0.2, 0) is 14.3 Å². The van der Waals surface area contributed by atoms with Crippen LogP contribution in [0.15, 0.2) is 24.3 Å². The van der Waals surface area contributed by atoms with Gasteiger partial charge < -0.3 is 14.5 Å². The highest BCUT2D eigenvalue weighted by Crippen LogP contribution is 2.28. The van der Waals surface area contributed by atoms with Crippen LogP contribution in [0, 0.1) is 5.92 Å². The highest BCUT2D eigenvalue weighted by Gasteiger charge is 2.36. The maximum atomic E-state index is 12.2. The predicted molar refractivity (Wildman–Crippen MR) is 89.6 cm³/mol. The van der Waals surface area contributed by atoms with Gasteiger partial charge in [-0.05, 0) is 50.5 Å². The Kier molecular flexibility index (Phi) is 4.84. The smallest absolute Gasteiger partial charge is 0.311 e. The highest BCUT2D eigenvalue weighted by atomic mass is 16.5. The number of ether oxygens (including phenoxy) is 1. The first-order chi connectivity index (χ1) is 11.2. The van der Waals surface area contributed by atoms with Gasteiger partial charge in [-0.2, -0.15) is 0 Å². The summed E-state index contributed by atoms with van der Waals surface area (Å²) in [6, 6.07) is 8.11. The van der Waals surface area contributed by atoms with E-state index in [1.807, 2.05) is 12.1 Å². The molecule has 124 valence electrons. The van der Waals surface area contributed by atoms with Gasteiger partial charge in [-0.3, -0.25) is 9.59 Å². The molecule has 0 unspecified atom stereocenters. The average Bonchev–Trinajstić information content (AvgIpc) is 2.98. The first kappa shape index (κ1) is 15.8. The van der Waals surface area contributed by atoms with Crippen molar-refractivity contribution in [3.8, 4) is 0 Å². The van der Waals surface area contributed by atoms with Crippen molar-refractivity contribution in [1.82, 2.24) is 0 Å². The number of nitrogens with zero attached hydrogens (tertiary/aromatic N) is 2. The van der Waals surface area contributed by atoms with Crippen LogP contribution in [0.1, 0.15) is 32.6 Å². The van der Waals surface area contributed by atoms with Crippen LogP contribution >= 0.6 is 0 Å². The number of anilines is 2. The summed E-state index contributed by atoms with van der Waals surface area (Å²) in [5.74, 6) is -0.619. The molecule has 5 heteroatoms. The third-order valence-electron chi connectivity index (χ3n) is 4.63. The Morgan fingerprint density at radius 1 is 1.13 bits per heavy atom. The molecule has 1 atom stereocenters. The molecule has 5 nitrogen and oxygen atoms in total. The number of rotatable bonds is 4. The van der Waals surface area contributed by atoms with E-state index in [9.17, 15) is 9.59 Å². The molecule has 3 rings (SSSR count). The summed E-state index contributed by atoms with van der Waals surface area (Å²) in [6.07, 6.45) is 4.04. The molecule has 2 heterocycles. The van der Waals surface area contributed by atoms with Crippen molar-refractivity contribution >= 4 is 23.3 Å². The van der Waals surface area contributed by atoms with Crippen molar-refractivity contribution in [2.24, 2.45) is 5.92 Å². The zero-order valence-corrected chi connectivity index (χ0v) is 13.7. The van der Waals surface area contributed by atoms with Gasteiger partial charge in [-0.15, -0.1) is 0 Å². The number of hydrogen-bond acceptors (Lipinski definition) is 4. The fourth-order valence-electron chi connectivity index (χ4n) is 3.37. The van der Waals surface area contributed by atoms with E-state index in [-0.39, 0.29) is 24.2 Å². The number of carbonyl (C=O) groups is 2. The predicted octanol–water partition coefficient (Wildman–Crippen LogP) is 2.59. The van der Waals surface area contributed by atoms with Crippen molar-refractivity contribution in [1.29, 1.82) is 0 Å². The molecule has 0 spiro atoms. The van der Waals surface area contributed by atoms with Gasteiger partial charge in [0.25, 0.3) is 0 Å². The highest BCUT2D eigenvalue weighted by molar-refractivity contribution is 5.99. The minimum absolute atomic E-state index is 0.00576. The second-order valence-corrected chi connectivity index (χ2v) is 6.22. The summed E-state index contributed by atoms with van der Waals surface area (Å²) in [7, 11) is 0. The molecule has 0 aliphatic carbocycles. The average molecular weight is 316 g/mol. The van der Waals surface area contributed by atoms with E-state index in [1.54, 1.807) is 11.8 Å². The number of benzene rings is 1. The van der Waals surface area contributed by atoms with E-state index in [4.69, 9.17) is 4.74 Å². The molecule has 0 radical (unpaired) electrons. The normalized spacial score (nSPS) is 21.6. The number of hydrogen-bond donors (Lipinski definition) is 0. The van der Waals surface area contributed by atoms with Crippen molar-refractivity contribution in [3.63, 3.8) is 0 Å². The summed E-state index contributed by atoms with van der Waals surface area (Å²) in [4.78, 5) is 28.1. The minimum atomic E-state index is -0.343.